The van der Waals surface area contributed by atoms with Crippen LogP contribution in [0.2, 0.25) is 10.0 Å². The molecule has 3 rings (SSSR count). The van der Waals surface area contributed by atoms with Gasteiger partial charge in [0.1, 0.15) is 0 Å². The lowest BCUT2D eigenvalue weighted by Gasteiger charge is -2.08. The number of rotatable bonds is 0. The maximum absolute atomic E-state index is 6.05. The Kier molecular flexibility index (Phi) is 2.10. The fourth-order valence-corrected chi connectivity index (χ4v) is 2.97. The topological polar surface area (TPSA) is 26.0 Å². The SMILES string of the molecule is NC1CCC2=C1Cc1cc(Cl)c(Cl)cc12. The van der Waals surface area contributed by atoms with Crippen molar-refractivity contribution in [2.45, 2.75) is 25.3 Å². The van der Waals surface area contributed by atoms with E-state index in [9.17, 15) is 0 Å². The molecule has 0 saturated carbocycles. The van der Waals surface area contributed by atoms with E-state index in [2.05, 4.69) is 0 Å². The molecule has 0 bridgehead atoms. The van der Waals surface area contributed by atoms with Crippen LogP contribution >= 0.6 is 23.2 Å². The first-order chi connectivity index (χ1) is 7.16. The van der Waals surface area contributed by atoms with E-state index >= 15 is 0 Å². The molecular weight excluding hydrogens is 229 g/mol. The van der Waals surface area contributed by atoms with Gasteiger partial charge in [0.25, 0.3) is 0 Å². The second kappa shape index (κ2) is 3.24. The molecule has 1 aromatic rings. The third-order valence-electron chi connectivity index (χ3n) is 3.39. The van der Waals surface area contributed by atoms with Crippen LogP contribution in [0.15, 0.2) is 17.7 Å². The third kappa shape index (κ3) is 1.34. The summed E-state index contributed by atoms with van der Waals surface area (Å²) in [7, 11) is 0. The molecule has 0 amide bonds. The van der Waals surface area contributed by atoms with Crippen LogP contribution in [0.1, 0.15) is 24.0 Å². The molecule has 1 nitrogen and oxygen atoms in total. The van der Waals surface area contributed by atoms with Crippen LogP contribution in [0.3, 0.4) is 0 Å². The zero-order valence-electron chi connectivity index (χ0n) is 8.19. The Bertz CT molecular complexity index is 477. The molecule has 0 radical (unpaired) electrons. The van der Waals surface area contributed by atoms with Crippen LogP contribution in [-0.2, 0) is 6.42 Å². The van der Waals surface area contributed by atoms with Crippen LogP contribution in [0.25, 0.3) is 5.57 Å². The molecule has 15 heavy (non-hydrogen) atoms. The Hall–Kier alpha value is -0.500. The quantitative estimate of drug-likeness (QED) is 0.738. The van der Waals surface area contributed by atoms with Crippen molar-refractivity contribution in [3.63, 3.8) is 0 Å². The van der Waals surface area contributed by atoms with Gasteiger partial charge >= 0.3 is 0 Å². The summed E-state index contributed by atoms with van der Waals surface area (Å²) < 4.78 is 0. The Morgan fingerprint density at radius 1 is 1.20 bits per heavy atom. The maximum Gasteiger partial charge on any atom is 0.0598 e. The normalized spacial score (nSPS) is 23.3. The maximum atomic E-state index is 6.05. The third-order valence-corrected chi connectivity index (χ3v) is 4.11. The second-order valence-electron chi connectivity index (χ2n) is 4.25. The fourth-order valence-electron chi connectivity index (χ4n) is 2.62. The van der Waals surface area contributed by atoms with Crippen LogP contribution in [-0.4, -0.2) is 6.04 Å². The number of hydrogen-bond donors (Lipinski definition) is 1. The lowest BCUT2D eigenvalue weighted by molar-refractivity contribution is 0.735. The average Bonchev–Trinajstić information content (AvgIpc) is 2.70. The summed E-state index contributed by atoms with van der Waals surface area (Å²) in [6.07, 6.45) is 3.12. The summed E-state index contributed by atoms with van der Waals surface area (Å²) in [6.45, 7) is 0. The summed E-state index contributed by atoms with van der Waals surface area (Å²) in [5.74, 6) is 0. The van der Waals surface area contributed by atoms with Gasteiger partial charge in [-0.2, -0.15) is 0 Å². The Labute approximate surface area is 98.9 Å². The van der Waals surface area contributed by atoms with E-state index in [-0.39, 0.29) is 6.04 Å². The molecule has 1 atom stereocenters. The fraction of sp³-hybridized carbons (Fsp3) is 0.333. The highest BCUT2D eigenvalue weighted by Gasteiger charge is 2.30. The Balaban J connectivity index is 2.15. The van der Waals surface area contributed by atoms with E-state index in [4.69, 9.17) is 28.9 Å². The van der Waals surface area contributed by atoms with E-state index in [0.717, 1.165) is 19.3 Å². The summed E-state index contributed by atoms with van der Waals surface area (Å²) in [5, 5.41) is 1.29. The number of hydrogen-bond acceptors (Lipinski definition) is 1. The minimum Gasteiger partial charge on any atom is -0.324 e. The number of nitrogens with two attached hydrogens (primary N) is 1. The van der Waals surface area contributed by atoms with Crippen molar-refractivity contribution in [2.24, 2.45) is 5.73 Å². The monoisotopic (exact) mass is 239 g/mol. The van der Waals surface area contributed by atoms with Gasteiger partial charge in [-0.05, 0) is 53.7 Å². The van der Waals surface area contributed by atoms with Crippen LogP contribution < -0.4 is 5.73 Å². The minimum atomic E-state index is 0.241. The first-order valence-electron chi connectivity index (χ1n) is 5.12. The van der Waals surface area contributed by atoms with E-state index < -0.39 is 0 Å². The molecular formula is C12H11Cl2N. The molecule has 78 valence electrons. The largest absolute Gasteiger partial charge is 0.324 e. The smallest absolute Gasteiger partial charge is 0.0598 e. The predicted molar refractivity (Wildman–Crippen MR) is 64.3 cm³/mol. The second-order valence-corrected chi connectivity index (χ2v) is 5.06. The Morgan fingerprint density at radius 2 is 1.93 bits per heavy atom. The molecule has 2 N–H and O–H groups in total. The van der Waals surface area contributed by atoms with Gasteiger partial charge in [0.05, 0.1) is 10.0 Å². The number of fused-ring (bicyclic) bond motifs is 2. The summed E-state index contributed by atoms with van der Waals surface area (Å²) in [5.41, 5.74) is 11.4. The summed E-state index contributed by atoms with van der Waals surface area (Å²) >= 11 is 12.0. The first kappa shape index (κ1) is 9.71. The molecule has 0 aliphatic heterocycles. The van der Waals surface area contributed by atoms with Crippen molar-refractivity contribution in [1.82, 2.24) is 0 Å². The molecule has 1 aromatic carbocycles. The molecule has 0 spiro atoms. The zero-order chi connectivity index (χ0) is 10.6. The van der Waals surface area contributed by atoms with E-state index in [1.54, 1.807) is 0 Å². The van der Waals surface area contributed by atoms with Gasteiger partial charge in [-0.25, -0.2) is 0 Å². The predicted octanol–water partition coefficient (Wildman–Crippen LogP) is 3.42. The first-order valence-corrected chi connectivity index (χ1v) is 5.88. The van der Waals surface area contributed by atoms with Crippen molar-refractivity contribution >= 4 is 28.8 Å². The summed E-state index contributed by atoms with van der Waals surface area (Å²) in [4.78, 5) is 0. The lowest BCUT2D eigenvalue weighted by atomic mass is 10.0. The van der Waals surface area contributed by atoms with Gasteiger partial charge in [0.2, 0.25) is 0 Å². The van der Waals surface area contributed by atoms with Crippen LogP contribution in [0.4, 0.5) is 0 Å². The van der Waals surface area contributed by atoms with E-state index in [1.807, 2.05) is 12.1 Å². The lowest BCUT2D eigenvalue weighted by Crippen LogP contribution is -2.19. The van der Waals surface area contributed by atoms with Gasteiger partial charge in [0.15, 0.2) is 0 Å². The molecule has 2 aliphatic rings. The molecule has 0 fully saturated rings. The van der Waals surface area contributed by atoms with Crippen molar-refractivity contribution in [3.8, 4) is 0 Å². The number of benzene rings is 1. The van der Waals surface area contributed by atoms with Crippen molar-refractivity contribution in [2.75, 3.05) is 0 Å². The van der Waals surface area contributed by atoms with Gasteiger partial charge in [-0.1, -0.05) is 23.2 Å². The number of allylic oxidation sites excluding steroid dienone is 1. The molecule has 0 aromatic heterocycles. The molecule has 0 heterocycles. The van der Waals surface area contributed by atoms with Crippen molar-refractivity contribution in [3.05, 3.63) is 38.9 Å². The Morgan fingerprint density at radius 3 is 2.73 bits per heavy atom. The van der Waals surface area contributed by atoms with E-state index in [1.165, 1.54) is 22.3 Å². The molecule has 1 unspecified atom stereocenters. The highest BCUT2D eigenvalue weighted by Crippen LogP contribution is 2.44. The van der Waals surface area contributed by atoms with Crippen molar-refractivity contribution in [1.29, 1.82) is 0 Å². The van der Waals surface area contributed by atoms with Gasteiger partial charge in [0, 0.05) is 6.04 Å². The molecule has 0 saturated heterocycles. The summed E-state index contributed by atoms with van der Waals surface area (Å²) in [6, 6.07) is 4.20. The highest BCUT2D eigenvalue weighted by molar-refractivity contribution is 6.42. The highest BCUT2D eigenvalue weighted by atomic mass is 35.5. The molecule has 2 aliphatic carbocycles. The van der Waals surface area contributed by atoms with Crippen molar-refractivity contribution < 1.29 is 0 Å². The molecule has 3 heteroatoms. The van der Waals surface area contributed by atoms with E-state index in [0.29, 0.717) is 10.0 Å². The van der Waals surface area contributed by atoms with Crippen LogP contribution in [0, 0.1) is 0 Å². The minimum absolute atomic E-state index is 0.241. The number of halogens is 2. The standard InChI is InChI=1S/C12H11Cl2N/c13-10-4-6-3-9-7(1-2-12(9)15)8(6)5-11(10)14/h4-5,12H,1-3,15H2. The van der Waals surface area contributed by atoms with Gasteiger partial charge in [-0.15, -0.1) is 0 Å². The van der Waals surface area contributed by atoms with Gasteiger partial charge < -0.3 is 5.73 Å². The van der Waals surface area contributed by atoms with Crippen LogP contribution in [0.5, 0.6) is 0 Å². The zero-order valence-corrected chi connectivity index (χ0v) is 9.70. The van der Waals surface area contributed by atoms with Gasteiger partial charge in [-0.3, -0.25) is 0 Å². The average molecular weight is 240 g/mol.